The fourth-order valence-corrected chi connectivity index (χ4v) is 2.87. The monoisotopic (exact) mass is 293 g/mol. The van der Waals surface area contributed by atoms with Crippen LogP contribution in [0.15, 0.2) is 12.1 Å². The maximum Gasteiger partial charge on any atom is 0.334 e. The van der Waals surface area contributed by atoms with E-state index in [1.165, 1.54) is 0 Å². The number of fused-ring (bicyclic) bond motifs is 1. The molecule has 6 heteroatoms. The summed E-state index contributed by atoms with van der Waals surface area (Å²) in [6, 6.07) is 3.62. The van der Waals surface area contributed by atoms with Gasteiger partial charge in [-0.2, -0.15) is 5.10 Å². The van der Waals surface area contributed by atoms with Gasteiger partial charge in [0.15, 0.2) is 11.2 Å². The molecular formula is C14H16ClN3O2. The Labute approximate surface area is 121 Å². The molecule has 2 unspecified atom stereocenters. The number of aryl methyl sites for hydroxylation is 1. The van der Waals surface area contributed by atoms with Crippen molar-refractivity contribution in [3.05, 3.63) is 23.0 Å². The van der Waals surface area contributed by atoms with E-state index in [0.29, 0.717) is 17.4 Å². The van der Waals surface area contributed by atoms with Crippen LogP contribution in [0.3, 0.4) is 0 Å². The summed E-state index contributed by atoms with van der Waals surface area (Å²) in [5.74, 6) is -0.0523. The predicted octanol–water partition coefficient (Wildman–Crippen LogP) is 2.69. The van der Waals surface area contributed by atoms with Crippen LogP contribution in [0.5, 0.6) is 0 Å². The molecule has 0 N–H and O–H groups in total. The zero-order chi connectivity index (χ0) is 14.5. The third-order valence-electron chi connectivity index (χ3n) is 3.96. The molecule has 1 aliphatic carbocycles. The fraction of sp³-hybridized carbons (Fsp3) is 0.500. The lowest BCUT2D eigenvalue weighted by Crippen LogP contribution is -2.33. The summed E-state index contributed by atoms with van der Waals surface area (Å²) < 4.78 is 6.92. The van der Waals surface area contributed by atoms with E-state index in [-0.39, 0.29) is 11.9 Å². The Bertz CT molecular complexity index is 697. The second kappa shape index (κ2) is 4.45. The smallest absolute Gasteiger partial charge is 0.334 e. The Hall–Kier alpha value is -1.62. The maximum absolute atomic E-state index is 12.3. The van der Waals surface area contributed by atoms with Crippen molar-refractivity contribution in [1.82, 2.24) is 14.8 Å². The van der Waals surface area contributed by atoms with E-state index in [4.69, 9.17) is 16.3 Å². The first kappa shape index (κ1) is 13.4. The van der Waals surface area contributed by atoms with E-state index in [2.05, 4.69) is 10.1 Å². The molecule has 0 bridgehead atoms. The summed E-state index contributed by atoms with van der Waals surface area (Å²) in [5.41, 5.74) is 0.763. The molecule has 2 aromatic rings. The summed E-state index contributed by atoms with van der Waals surface area (Å²) in [6.45, 7) is 6.09. The van der Waals surface area contributed by atoms with Gasteiger partial charge in [0.1, 0.15) is 5.15 Å². The highest BCUT2D eigenvalue weighted by Crippen LogP contribution is 2.51. The van der Waals surface area contributed by atoms with Crippen LogP contribution in [0.2, 0.25) is 5.15 Å². The van der Waals surface area contributed by atoms with Crippen molar-refractivity contribution in [2.45, 2.75) is 32.7 Å². The van der Waals surface area contributed by atoms with Gasteiger partial charge < -0.3 is 4.74 Å². The molecular weight excluding hydrogens is 278 g/mol. The molecule has 1 fully saturated rings. The third-order valence-corrected chi connectivity index (χ3v) is 4.17. The Morgan fingerprint density at radius 3 is 2.90 bits per heavy atom. The van der Waals surface area contributed by atoms with E-state index in [0.717, 1.165) is 17.5 Å². The van der Waals surface area contributed by atoms with Gasteiger partial charge in [0.2, 0.25) is 0 Å². The maximum atomic E-state index is 12.3. The summed E-state index contributed by atoms with van der Waals surface area (Å²) in [5, 5.41) is 5.82. The number of pyridine rings is 1. The standard InChI is InChI=1S/C14H16ClN3O2/c1-4-20-13(19)14(7-8(14)2)18-12-10(9(3)17-18)5-6-11(15)16-12/h5-6,8H,4,7H2,1-3H3. The first-order valence-corrected chi connectivity index (χ1v) is 7.08. The molecule has 1 saturated carbocycles. The normalized spacial score (nSPS) is 24.9. The minimum atomic E-state index is -0.722. The molecule has 0 saturated heterocycles. The van der Waals surface area contributed by atoms with Crippen LogP contribution in [0, 0.1) is 12.8 Å². The van der Waals surface area contributed by atoms with Gasteiger partial charge in [-0.25, -0.2) is 14.5 Å². The predicted molar refractivity (Wildman–Crippen MR) is 75.7 cm³/mol. The quantitative estimate of drug-likeness (QED) is 0.645. The Morgan fingerprint density at radius 1 is 1.60 bits per heavy atom. The van der Waals surface area contributed by atoms with Gasteiger partial charge in [0, 0.05) is 5.39 Å². The van der Waals surface area contributed by atoms with Crippen molar-refractivity contribution in [3.8, 4) is 0 Å². The molecule has 2 heterocycles. The lowest BCUT2D eigenvalue weighted by molar-refractivity contribution is -0.149. The Morgan fingerprint density at radius 2 is 2.30 bits per heavy atom. The number of nitrogens with zero attached hydrogens (tertiary/aromatic N) is 3. The number of ether oxygens (including phenoxy) is 1. The van der Waals surface area contributed by atoms with Gasteiger partial charge in [0.25, 0.3) is 0 Å². The minimum absolute atomic E-state index is 0.185. The number of rotatable bonds is 3. The largest absolute Gasteiger partial charge is 0.464 e. The van der Waals surface area contributed by atoms with Crippen molar-refractivity contribution in [1.29, 1.82) is 0 Å². The molecule has 3 rings (SSSR count). The number of hydrogen-bond acceptors (Lipinski definition) is 4. The zero-order valence-corrected chi connectivity index (χ0v) is 12.4. The van der Waals surface area contributed by atoms with Crippen LogP contribution < -0.4 is 0 Å². The van der Waals surface area contributed by atoms with Gasteiger partial charge in [-0.1, -0.05) is 18.5 Å². The molecule has 5 nitrogen and oxygen atoms in total. The number of carbonyl (C=O) groups is 1. The number of aromatic nitrogens is 3. The number of esters is 1. The first-order chi connectivity index (χ1) is 9.50. The molecule has 0 spiro atoms. The molecule has 0 aliphatic heterocycles. The van der Waals surface area contributed by atoms with Gasteiger partial charge in [-0.05, 0) is 38.3 Å². The molecule has 1 aliphatic rings. The summed E-state index contributed by atoms with van der Waals surface area (Å²) >= 11 is 5.98. The Kier molecular flexibility index (Phi) is 2.97. The Balaban J connectivity index is 2.19. The average molecular weight is 294 g/mol. The zero-order valence-electron chi connectivity index (χ0n) is 11.7. The van der Waals surface area contributed by atoms with Crippen LogP contribution in [-0.4, -0.2) is 27.3 Å². The van der Waals surface area contributed by atoms with E-state index in [9.17, 15) is 4.79 Å². The minimum Gasteiger partial charge on any atom is -0.464 e. The van der Waals surface area contributed by atoms with Gasteiger partial charge >= 0.3 is 5.97 Å². The molecule has 0 aromatic carbocycles. The summed E-state index contributed by atoms with van der Waals surface area (Å²) in [7, 11) is 0. The third kappa shape index (κ3) is 1.73. The van der Waals surface area contributed by atoms with E-state index < -0.39 is 5.54 Å². The molecule has 0 amide bonds. The molecule has 0 radical (unpaired) electrons. The topological polar surface area (TPSA) is 57.0 Å². The summed E-state index contributed by atoms with van der Waals surface area (Å²) in [6.07, 6.45) is 0.718. The van der Waals surface area contributed by atoms with Crippen LogP contribution in [0.1, 0.15) is 26.0 Å². The average Bonchev–Trinajstić information content (AvgIpc) is 2.98. The highest BCUT2D eigenvalue weighted by Gasteiger charge is 2.62. The van der Waals surface area contributed by atoms with Crippen LogP contribution in [-0.2, 0) is 15.1 Å². The SMILES string of the molecule is CCOC(=O)C1(n2nc(C)c3ccc(Cl)nc32)CC1C. The van der Waals surface area contributed by atoms with Gasteiger partial charge in [-0.15, -0.1) is 0 Å². The van der Waals surface area contributed by atoms with Crippen molar-refractivity contribution < 1.29 is 9.53 Å². The second-order valence-corrected chi connectivity index (χ2v) is 5.64. The number of halogens is 1. The van der Waals surface area contributed by atoms with Crippen molar-refractivity contribution >= 4 is 28.6 Å². The van der Waals surface area contributed by atoms with E-state index in [1.807, 2.05) is 19.9 Å². The van der Waals surface area contributed by atoms with Crippen LogP contribution >= 0.6 is 11.6 Å². The molecule has 2 atom stereocenters. The fourth-order valence-electron chi connectivity index (χ4n) is 2.73. The van der Waals surface area contributed by atoms with E-state index in [1.54, 1.807) is 17.7 Å². The van der Waals surface area contributed by atoms with Crippen molar-refractivity contribution in [3.63, 3.8) is 0 Å². The van der Waals surface area contributed by atoms with E-state index >= 15 is 0 Å². The first-order valence-electron chi connectivity index (χ1n) is 6.70. The molecule has 106 valence electrons. The van der Waals surface area contributed by atoms with Crippen LogP contribution in [0.25, 0.3) is 11.0 Å². The second-order valence-electron chi connectivity index (χ2n) is 5.25. The van der Waals surface area contributed by atoms with Crippen LogP contribution in [0.4, 0.5) is 0 Å². The highest BCUT2D eigenvalue weighted by atomic mass is 35.5. The summed E-state index contributed by atoms with van der Waals surface area (Å²) in [4.78, 5) is 16.7. The van der Waals surface area contributed by atoms with Gasteiger partial charge in [0.05, 0.1) is 12.3 Å². The lowest BCUT2D eigenvalue weighted by atomic mass is 10.2. The van der Waals surface area contributed by atoms with Crippen molar-refractivity contribution in [2.75, 3.05) is 6.61 Å². The number of carbonyl (C=O) groups excluding carboxylic acids is 1. The molecule has 20 heavy (non-hydrogen) atoms. The lowest BCUT2D eigenvalue weighted by Gasteiger charge is -2.16. The highest BCUT2D eigenvalue weighted by molar-refractivity contribution is 6.29. The van der Waals surface area contributed by atoms with Gasteiger partial charge in [-0.3, -0.25) is 0 Å². The van der Waals surface area contributed by atoms with Crippen molar-refractivity contribution in [2.24, 2.45) is 5.92 Å². The number of hydrogen-bond donors (Lipinski definition) is 0. The molecule has 2 aromatic heterocycles.